The van der Waals surface area contributed by atoms with Crippen LogP contribution in [0.2, 0.25) is 5.02 Å². The number of nitrogens with two attached hydrogens (primary N) is 1. The van der Waals surface area contributed by atoms with Crippen molar-refractivity contribution in [2.75, 3.05) is 50.0 Å². The number of carboxylic acid groups (broad SMARTS) is 1. The number of anilines is 2. The summed E-state index contributed by atoms with van der Waals surface area (Å²) in [6, 6.07) is 15.5. The number of aliphatic carboxylic acids is 1. The third kappa shape index (κ3) is 8.62. The van der Waals surface area contributed by atoms with Crippen LogP contribution in [0.1, 0.15) is 53.7 Å². The Morgan fingerprint density at radius 1 is 1.20 bits per heavy atom. The second kappa shape index (κ2) is 14.9. The number of hydrogen-bond donors (Lipinski definition) is 3. The van der Waals surface area contributed by atoms with Crippen molar-refractivity contribution in [2.45, 2.75) is 50.9 Å². The SMILES string of the molecule is CC(CN1CCC(c2cccc(OCc3ccc(Cl)cc3F)n2)CC1)N(C[C@@H]1CCO1)c1ccc(C(=O)NCC(=O)O)cc1N. The highest BCUT2D eigenvalue weighted by atomic mass is 35.5. The molecule has 12 heteroatoms. The molecule has 2 aromatic carbocycles. The van der Waals surface area contributed by atoms with Crippen LogP contribution in [0, 0.1) is 5.82 Å². The summed E-state index contributed by atoms with van der Waals surface area (Å²) in [4.78, 5) is 32.6. The average Bonchev–Trinajstić information content (AvgIpc) is 3.00. The molecule has 0 spiro atoms. The molecule has 1 aromatic heterocycles. The van der Waals surface area contributed by atoms with Crippen molar-refractivity contribution in [3.8, 4) is 5.88 Å². The number of halogens is 2. The molecule has 3 heterocycles. The Balaban J connectivity index is 1.18. The van der Waals surface area contributed by atoms with E-state index in [1.165, 1.54) is 6.07 Å². The Bertz CT molecular complexity index is 1500. The number of piperidine rings is 1. The maximum atomic E-state index is 14.2. The number of carboxylic acids is 1. The average molecular weight is 640 g/mol. The van der Waals surface area contributed by atoms with Crippen molar-refractivity contribution in [2.24, 2.45) is 0 Å². The summed E-state index contributed by atoms with van der Waals surface area (Å²) in [5.41, 5.74) is 9.43. The highest BCUT2D eigenvalue weighted by Crippen LogP contribution is 2.31. The number of carbonyl (C=O) groups is 2. The molecule has 1 unspecified atom stereocenters. The van der Waals surface area contributed by atoms with E-state index in [0.29, 0.717) is 40.2 Å². The van der Waals surface area contributed by atoms with Gasteiger partial charge in [-0.15, -0.1) is 0 Å². The van der Waals surface area contributed by atoms with Crippen molar-refractivity contribution < 1.29 is 28.6 Å². The first kappa shape index (κ1) is 32.5. The molecule has 2 fully saturated rings. The molecule has 240 valence electrons. The molecule has 0 aliphatic carbocycles. The van der Waals surface area contributed by atoms with E-state index in [4.69, 9.17) is 36.9 Å². The monoisotopic (exact) mass is 639 g/mol. The smallest absolute Gasteiger partial charge is 0.322 e. The first-order chi connectivity index (χ1) is 21.7. The normalized spacial score (nSPS) is 17.7. The zero-order valence-corrected chi connectivity index (χ0v) is 26.0. The van der Waals surface area contributed by atoms with Gasteiger partial charge in [0.1, 0.15) is 19.0 Å². The van der Waals surface area contributed by atoms with Crippen molar-refractivity contribution in [1.82, 2.24) is 15.2 Å². The Hall–Kier alpha value is -3.93. The predicted molar refractivity (Wildman–Crippen MR) is 170 cm³/mol. The zero-order chi connectivity index (χ0) is 31.9. The van der Waals surface area contributed by atoms with E-state index in [1.807, 2.05) is 18.2 Å². The van der Waals surface area contributed by atoms with Crippen LogP contribution in [0.15, 0.2) is 54.6 Å². The number of likely N-dealkylation sites (tertiary alicyclic amines) is 1. The Labute approximate surface area is 267 Å². The quantitative estimate of drug-likeness (QED) is 0.228. The lowest BCUT2D eigenvalue weighted by Gasteiger charge is -2.41. The lowest BCUT2D eigenvalue weighted by molar-refractivity contribution is -0.135. The maximum absolute atomic E-state index is 14.2. The van der Waals surface area contributed by atoms with Crippen LogP contribution in [0.4, 0.5) is 15.8 Å². The standard InChI is InChI=1S/C33H39ClFN5O5/c1-21(40(19-26-11-14-44-26)30-8-6-23(15-28(30)36)33(43)37-17-32(41)42)18-39-12-9-22(10-13-39)29-3-2-4-31(38-29)45-20-24-5-7-25(34)16-27(24)35/h2-8,15-16,21-22,26H,9-14,17-20,36H2,1H3,(H,37,43)(H,41,42)/t21?,26-/m0/s1. The van der Waals surface area contributed by atoms with E-state index in [9.17, 15) is 14.0 Å². The summed E-state index contributed by atoms with van der Waals surface area (Å²) in [6.45, 7) is 5.85. The zero-order valence-electron chi connectivity index (χ0n) is 25.3. The van der Waals surface area contributed by atoms with Gasteiger partial charge in [0.2, 0.25) is 5.88 Å². The highest BCUT2D eigenvalue weighted by Gasteiger charge is 2.29. The molecule has 2 aliphatic heterocycles. The summed E-state index contributed by atoms with van der Waals surface area (Å²) in [6.07, 6.45) is 2.99. The van der Waals surface area contributed by atoms with Crippen LogP contribution in [0.25, 0.3) is 0 Å². The van der Waals surface area contributed by atoms with E-state index in [2.05, 4.69) is 22.0 Å². The number of pyridine rings is 1. The fourth-order valence-electron chi connectivity index (χ4n) is 5.79. The first-order valence-electron chi connectivity index (χ1n) is 15.2. The number of amides is 1. The van der Waals surface area contributed by atoms with Crippen molar-refractivity contribution in [3.05, 3.63) is 82.3 Å². The Kier molecular flexibility index (Phi) is 10.7. The summed E-state index contributed by atoms with van der Waals surface area (Å²) in [5.74, 6) is -1.24. The van der Waals surface area contributed by atoms with Gasteiger partial charge in [-0.3, -0.25) is 9.59 Å². The first-order valence-corrected chi connectivity index (χ1v) is 15.6. The van der Waals surface area contributed by atoms with Gasteiger partial charge in [-0.1, -0.05) is 23.7 Å². The molecule has 10 nitrogen and oxygen atoms in total. The number of benzene rings is 2. The fourth-order valence-corrected chi connectivity index (χ4v) is 5.95. The summed E-state index contributed by atoms with van der Waals surface area (Å²) in [5, 5.41) is 11.6. The molecule has 2 saturated heterocycles. The van der Waals surface area contributed by atoms with Gasteiger partial charge in [0.05, 0.1) is 17.5 Å². The Morgan fingerprint density at radius 3 is 2.64 bits per heavy atom. The minimum Gasteiger partial charge on any atom is -0.480 e. The van der Waals surface area contributed by atoms with E-state index >= 15 is 0 Å². The number of carbonyl (C=O) groups excluding carboxylic acids is 1. The maximum Gasteiger partial charge on any atom is 0.322 e. The molecule has 0 bridgehead atoms. The molecular weight excluding hydrogens is 601 g/mol. The predicted octanol–water partition coefficient (Wildman–Crippen LogP) is 4.71. The molecule has 0 radical (unpaired) electrons. The van der Waals surface area contributed by atoms with Crippen LogP contribution in [-0.4, -0.2) is 78.3 Å². The van der Waals surface area contributed by atoms with Gasteiger partial charge in [0.25, 0.3) is 5.91 Å². The minimum atomic E-state index is -1.11. The van der Waals surface area contributed by atoms with Crippen LogP contribution >= 0.6 is 11.6 Å². The summed E-state index contributed by atoms with van der Waals surface area (Å²) >= 11 is 5.85. The van der Waals surface area contributed by atoms with Gasteiger partial charge in [-0.25, -0.2) is 9.37 Å². The molecular formula is C33H39ClFN5O5. The van der Waals surface area contributed by atoms with Crippen LogP contribution in [0.3, 0.4) is 0 Å². The van der Waals surface area contributed by atoms with E-state index in [-0.39, 0.29) is 18.8 Å². The van der Waals surface area contributed by atoms with Crippen LogP contribution in [0.5, 0.6) is 5.88 Å². The molecule has 1 amide bonds. The molecule has 5 rings (SSSR count). The summed E-state index contributed by atoms with van der Waals surface area (Å²) < 4.78 is 25.7. The molecule has 3 aromatic rings. The molecule has 0 saturated carbocycles. The van der Waals surface area contributed by atoms with Crippen molar-refractivity contribution >= 4 is 34.9 Å². The van der Waals surface area contributed by atoms with E-state index in [1.54, 1.807) is 30.3 Å². The van der Waals surface area contributed by atoms with E-state index in [0.717, 1.165) is 56.9 Å². The third-order valence-corrected chi connectivity index (χ3v) is 8.62. The number of hydrogen-bond acceptors (Lipinski definition) is 8. The van der Waals surface area contributed by atoms with Crippen molar-refractivity contribution in [3.63, 3.8) is 0 Å². The van der Waals surface area contributed by atoms with Crippen LogP contribution < -0.4 is 20.7 Å². The Morgan fingerprint density at radius 2 is 1.98 bits per heavy atom. The molecule has 2 aliphatic rings. The second-order valence-electron chi connectivity index (χ2n) is 11.6. The van der Waals surface area contributed by atoms with Gasteiger partial charge in [0, 0.05) is 59.6 Å². The van der Waals surface area contributed by atoms with E-state index < -0.39 is 24.2 Å². The molecule has 45 heavy (non-hydrogen) atoms. The topological polar surface area (TPSA) is 130 Å². The van der Waals surface area contributed by atoms with Gasteiger partial charge in [0.15, 0.2) is 0 Å². The number of aromatic nitrogens is 1. The summed E-state index contributed by atoms with van der Waals surface area (Å²) in [7, 11) is 0. The largest absolute Gasteiger partial charge is 0.480 e. The number of ether oxygens (including phenoxy) is 2. The number of nitrogen functional groups attached to an aromatic ring is 1. The lowest BCUT2D eigenvalue weighted by Crippen LogP contribution is -2.49. The molecule has 2 atom stereocenters. The molecule has 4 N–H and O–H groups in total. The van der Waals surface area contributed by atoms with Gasteiger partial charge in [-0.05, 0) is 75.7 Å². The minimum absolute atomic E-state index is 0.0728. The second-order valence-corrected chi connectivity index (χ2v) is 12.1. The fraction of sp³-hybridized carbons (Fsp3) is 0.424. The lowest BCUT2D eigenvalue weighted by atomic mass is 9.92. The number of nitrogens with one attached hydrogen (secondary N) is 1. The van der Waals surface area contributed by atoms with Gasteiger partial charge in [-0.2, -0.15) is 0 Å². The number of rotatable bonds is 13. The van der Waals surface area contributed by atoms with Gasteiger partial charge >= 0.3 is 5.97 Å². The van der Waals surface area contributed by atoms with Crippen molar-refractivity contribution in [1.29, 1.82) is 0 Å². The number of nitrogens with zero attached hydrogens (tertiary/aromatic N) is 3. The third-order valence-electron chi connectivity index (χ3n) is 8.39. The van der Waals surface area contributed by atoms with Gasteiger partial charge < -0.3 is 35.4 Å². The van der Waals surface area contributed by atoms with Crippen LogP contribution in [-0.2, 0) is 16.1 Å². The highest BCUT2D eigenvalue weighted by molar-refractivity contribution is 6.30.